The van der Waals surface area contributed by atoms with E-state index in [0.717, 1.165) is 5.56 Å². The predicted octanol–water partition coefficient (Wildman–Crippen LogP) is 5.11. The Morgan fingerprint density at radius 3 is 2.15 bits per heavy atom. The molecule has 1 fully saturated rings. The van der Waals surface area contributed by atoms with Gasteiger partial charge < -0.3 is 24.6 Å². The van der Waals surface area contributed by atoms with Gasteiger partial charge in [0.05, 0.1) is 37.0 Å². The van der Waals surface area contributed by atoms with Crippen molar-refractivity contribution in [2.45, 2.75) is 38.8 Å². The molecule has 1 aliphatic heterocycles. The van der Waals surface area contributed by atoms with Crippen LogP contribution in [0.25, 0.3) is 5.76 Å². The number of methoxy groups -OCH3 is 2. The zero-order valence-electron chi connectivity index (χ0n) is 22.5. The van der Waals surface area contributed by atoms with Crippen LogP contribution in [0, 0.1) is 0 Å². The minimum atomic E-state index is -0.936. The highest BCUT2D eigenvalue weighted by molar-refractivity contribution is 6.46. The molecule has 0 spiro atoms. The number of carbonyl (C=O) groups is 3. The molecule has 0 saturated carbocycles. The van der Waals surface area contributed by atoms with Crippen LogP contribution in [0.1, 0.15) is 59.4 Å². The number of aliphatic hydroxyl groups is 1. The van der Waals surface area contributed by atoms with Crippen LogP contribution in [-0.4, -0.2) is 47.0 Å². The molecule has 0 bridgehead atoms. The van der Waals surface area contributed by atoms with Gasteiger partial charge in [-0.25, -0.2) is 4.79 Å². The molecule has 1 saturated heterocycles. The topological polar surface area (TPSA) is 113 Å². The number of esters is 1. The predicted molar refractivity (Wildman–Crippen MR) is 145 cm³/mol. The molecule has 0 aliphatic carbocycles. The second-order valence-corrected chi connectivity index (χ2v) is 10.4. The first-order valence-electron chi connectivity index (χ1n) is 12.4. The number of phenols is 1. The molecule has 3 aromatic carbocycles. The summed E-state index contributed by atoms with van der Waals surface area (Å²) in [6, 6.07) is 17.1. The molecule has 202 valence electrons. The fourth-order valence-electron chi connectivity index (χ4n) is 4.61. The number of Topliss-reactive ketones (excluding diaryl/α,β-unsaturated/α-hetero) is 1. The molecule has 39 heavy (non-hydrogen) atoms. The number of aliphatic hydroxyl groups excluding tert-OH is 1. The summed E-state index contributed by atoms with van der Waals surface area (Å²) < 4.78 is 10.2. The first-order chi connectivity index (χ1) is 18.5. The standard InChI is InChI=1S/C31H31NO7/c1-31(2,3)21-12-15-24(38-4)23(16-21)27(34)25-26(19-10-13-22(33)14-11-19)32(29(36)28(25)35)17-18-6-8-20(9-7-18)30(37)39-5/h6-16,26,33-34H,17H2,1-5H3/b27-25+. The Kier molecular flexibility index (Phi) is 7.49. The highest BCUT2D eigenvalue weighted by atomic mass is 16.5. The average Bonchev–Trinajstić information content (AvgIpc) is 3.17. The van der Waals surface area contributed by atoms with Gasteiger partial charge in [0.25, 0.3) is 11.7 Å². The number of hydrogen-bond acceptors (Lipinski definition) is 7. The Morgan fingerprint density at radius 2 is 1.59 bits per heavy atom. The molecule has 2 N–H and O–H groups in total. The van der Waals surface area contributed by atoms with Crippen LogP contribution >= 0.6 is 0 Å². The maximum atomic E-state index is 13.5. The van der Waals surface area contributed by atoms with Crippen molar-refractivity contribution in [3.63, 3.8) is 0 Å². The third kappa shape index (κ3) is 5.36. The van der Waals surface area contributed by atoms with E-state index < -0.39 is 23.7 Å². The van der Waals surface area contributed by atoms with Gasteiger partial charge in [0.2, 0.25) is 0 Å². The fraction of sp³-hybridized carbons (Fsp3) is 0.258. The summed E-state index contributed by atoms with van der Waals surface area (Å²) in [6.07, 6.45) is 0. The van der Waals surface area contributed by atoms with Crippen LogP contribution in [0.3, 0.4) is 0 Å². The first kappa shape index (κ1) is 27.4. The quantitative estimate of drug-likeness (QED) is 0.198. The van der Waals surface area contributed by atoms with Gasteiger partial charge in [-0.05, 0) is 58.5 Å². The molecule has 3 aromatic rings. The first-order valence-corrected chi connectivity index (χ1v) is 12.4. The van der Waals surface area contributed by atoms with Gasteiger partial charge in [-0.1, -0.05) is 51.1 Å². The maximum Gasteiger partial charge on any atom is 0.337 e. The molecular formula is C31H31NO7. The van der Waals surface area contributed by atoms with Gasteiger partial charge in [-0.15, -0.1) is 0 Å². The van der Waals surface area contributed by atoms with Gasteiger partial charge in [0.1, 0.15) is 17.3 Å². The van der Waals surface area contributed by atoms with E-state index in [1.165, 1.54) is 31.3 Å². The second kappa shape index (κ2) is 10.6. The van der Waals surface area contributed by atoms with E-state index in [1.54, 1.807) is 48.5 Å². The van der Waals surface area contributed by atoms with Gasteiger partial charge >= 0.3 is 5.97 Å². The lowest BCUT2D eigenvalue weighted by atomic mass is 9.85. The molecule has 1 unspecified atom stereocenters. The number of ether oxygens (including phenoxy) is 2. The number of rotatable bonds is 6. The number of aromatic hydroxyl groups is 1. The normalized spacial score (nSPS) is 16.8. The minimum Gasteiger partial charge on any atom is -0.508 e. The summed E-state index contributed by atoms with van der Waals surface area (Å²) in [5.74, 6) is -2.07. The Bertz CT molecular complexity index is 1450. The number of amides is 1. The molecule has 8 heteroatoms. The van der Waals surface area contributed by atoms with Gasteiger partial charge in [0, 0.05) is 6.54 Å². The van der Waals surface area contributed by atoms with E-state index >= 15 is 0 Å². The lowest BCUT2D eigenvalue weighted by molar-refractivity contribution is -0.140. The van der Waals surface area contributed by atoms with E-state index in [4.69, 9.17) is 9.47 Å². The third-order valence-corrected chi connectivity index (χ3v) is 6.80. The number of hydrogen-bond donors (Lipinski definition) is 2. The third-order valence-electron chi connectivity index (χ3n) is 6.80. The second-order valence-electron chi connectivity index (χ2n) is 10.4. The van der Waals surface area contributed by atoms with E-state index in [0.29, 0.717) is 28.0 Å². The van der Waals surface area contributed by atoms with E-state index in [1.807, 2.05) is 26.8 Å². The fourth-order valence-corrected chi connectivity index (χ4v) is 4.61. The zero-order chi connectivity index (χ0) is 28.5. The zero-order valence-corrected chi connectivity index (χ0v) is 22.5. The van der Waals surface area contributed by atoms with Crippen LogP contribution in [0.15, 0.2) is 72.3 Å². The highest BCUT2D eigenvalue weighted by Crippen LogP contribution is 2.42. The molecule has 8 nitrogen and oxygen atoms in total. The number of likely N-dealkylation sites (tertiary alicyclic amines) is 1. The van der Waals surface area contributed by atoms with Crippen LogP contribution in [0.2, 0.25) is 0 Å². The van der Waals surface area contributed by atoms with Crippen molar-refractivity contribution in [2.75, 3.05) is 14.2 Å². The van der Waals surface area contributed by atoms with Crippen LogP contribution in [0.4, 0.5) is 0 Å². The number of nitrogens with zero attached hydrogens (tertiary/aromatic N) is 1. The summed E-state index contributed by atoms with van der Waals surface area (Å²) in [5, 5.41) is 21.5. The molecule has 0 radical (unpaired) electrons. The SMILES string of the molecule is COC(=O)c1ccc(CN2C(=O)C(=O)/C(=C(/O)c3cc(C(C)(C)C)ccc3OC)C2c2ccc(O)cc2)cc1. The van der Waals surface area contributed by atoms with E-state index in [-0.39, 0.29) is 29.0 Å². The number of phenolic OH excluding ortho intramolecular Hbond substituents is 1. The summed E-state index contributed by atoms with van der Waals surface area (Å²) in [7, 11) is 2.76. The van der Waals surface area contributed by atoms with Crippen LogP contribution < -0.4 is 4.74 Å². The number of carbonyl (C=O) groups excluding carboxylic acids is 3. The van der Waals surface area contributed by atoms with Gasteiger partial charge in [-0.2, -0.15) is 0 Å². The van der Waals surface area contributed by atoms with Crippen molar-refractivity contribution < 1.29 is 34.1 Å². The molecule has 1 heterocycles. The Balaban J connectivity index is 1.86. The van der Waals surface area contributed by atoms with E-state index in [9.17, 15) is 24.6 Å². The smallest absolute Gasteiger partial charge is 0.337 e. The van der Waals surface area contributed by atoms with Crippen molar-refractivity contribution in [3.05, 3.63) is 100 Å². The molecule has 0 aromatic heterocycles. The summed E-state index contributed by atoms with van der Waals surface area (Å²) in [6.45, 7) is 6.12. The molecule has 1 aliphatic rings. The molecular weight excluding hydrogens is 498 g/mol. The number of benzene rings is 3. The summed E-state index contributed by atoms with van der Waals surface area (Å²) >= 11 is 0. The largest absolute Gasteiger partial charge is 0.508 e. The lowest BCUT2D eigenvalue weighted by Crippen LogP contribution is -2.29. The highest BCUT2D eigenvalue weighted by Gasteiger charge is 2.46. The maximum absolute atomic E-state index is 13.5. The van der Waals surface area contributed by atoms with Gasteiger partial charge in [0.15, 0.2) is 0 Å². The van der Waals surface area contributed by atoms with Crippen molar-refractivity contribution in [3.8, 4) is 11.5 Å². The monoisotopic (exact) mass is 529 g/mol. The lowest BCUT2D eigenvalue weighted by Gasteiger charge is -2.26. The van der Waals surface area contributed by atoms with Crippen molar-refractivity contribution in [1.29, 1.82) is 0 Å². The number of ketones is 1. The van der Waals surface area contributed by atoms with Crippen molar-refractivity contribution in [2.24, 2.45) is 0 Å². The Labute approximate surface area is 227 Å². The molecule has 4 rings (SSSR count). The van der Waals surface area contributed by atoms with Gasteiger partial charge in [-0.3, -0.25) is 9.59 Å². The molecule has 1 amide bonds. The minimum absolute atomic E-state index is 0.0219. The Morgan fingerprint density at radius 1 is 0.949 bits per heavy atom. The Hall–Kier alpha value is -4.59. The van der Waals surface area contributed by atoms with Crippen molar-refractivity contribution >= 4 is 23.4 Å². The summed E-state index contributed by atoms with van der Waals surface area (Å²) in [4.78, 5) is 40.1. The van der Waals surface area contributed by atoms with Crippen molar-refractivity contribution in [1.82, 2.24) is 4.90 Å². The van der Waals surface area contributed by atoms with E-state index in [2.05, 4.69) is 0 Å². The molecule has 1 atom stereocenters. The van der Waals surface area contributed by atoms with Crippen LogP contribution in [-0.2, 0) is 26.3 Å². The summed E-state index contributed by atoms with van der Waals surface area (Å²) in [5.41, 5.74) is 2.43. The average molecular weight is 530 g/mol. The van der Waals surface area contributed by atoms with Crippen LogP contribution in [0.5, 0.6) is 11.5 Å².